The summed E-state index contributed by atoms with van der Waals surface area (Å²) in [6.07, 6.45) is -8.77. The Labute approximate surface area is 228 Å². The number of alkyl halides is 6. The van der Waals surface area contributed by atoms with E-state index in [4.69, 9.17) is 4.74 Å². The third kappa shape index (κ3) is 7.68. The van der Waals surface area contributed by atoms with Crippen LogP contribution in [0.2, 0.25) is 0 Å². The van der Waals surface area contributed by atoms with Gasteiger partial charge in [-0.25, -0.2) is 0 Å². The van der Waals surface area contributed by atoms with Crippen molar-refractivity contribution in [3.63, 3.8) is 0 Å². The average Bonchev–Trinajstić information content (AvgIpc) is 2.93. The number of anilines is 1. The van der Waals surface area contributed by atoms with Crippen molar-refractivity contribution in [1.82, 2.24) is 9.80 Å². The Morgan fingerprint density at radius 1 is 0.825 bits per heavy atom. The van der Waals surface area contributed by atoms with E-state index in [-0.39, 0.29) is 12.5 Å². The zero-order valence-corrected chi connectivity index (χ0v) is 21.8. The van der Waals surface area contributed by atoms with Crippen molar-refractivity contribution < 1.29 is 35.9 Å². The number of carbonyl (C=O) groups excluding carboxylic acids is 1. The van der Waals surface area contributed by atoms with Crippen LogP contribution in [0.5, 0.6) is 5.75 Å². The zero-order chi connectivity index (χ0) is 28.9. The van der Waals surface area contributed by atoms with Crippen LogP contribution >= 0.6 is 0 Å². The highest BCUT2D eigenvalue weighted by molar-refractivity contribution is 5.94. The first-order valence-corrected chi connectivity index (χ1v) is 12.7. The Morgan fingerprint density at radius 3 is 2.05 bits per heavy atom. The number of likely N-dealkylation sites (N-methyl/N-ethyl adjacent to an activating group) is 1. The number of benzene rings is 3. The summed E-state index contributed by atoms with van der Waals surface area (Å²) in [6, 6.07) is 16.9. The van der Waals surface area contributed by atoms with E-state index >= 15 is 0 Å². The van der Waals surface area contributed by atoms with E-state index in [0.717, 1.165) is 29.8 Å². The van der Waals surface area contributed by atoms with Gasteiger partial charge in [-0.2, -0.15) is 26.3 Å². The van der Waals surface area contributed by atoms with Gasteiger partial charge in [0.25, 0.3) is 5.91 Å². The molecule has 1 fully saturated rings. The minimum atomic E-state index is -4.41. The first kappa shape index (κ1) is 29.3. The van der Waals surface area contributed by atoms with E-state index < -0.39 is 23.5 Å². The molecule has 0 unspecified atom stereocenters. The molecule has 0 aliphatic carbocycles. The Balaban J connectivity index is 1.22. The van der Waals surface area contributed by atoms with Gasteiger partial charge in [0, 0.05) is 51.0 Å². The lowest BCUT2D eigenvalue weighted by Crippen LogP contribution is -2.48. The second kappa shape index (κ2) is 12.2. The van der Waals surface area contributed by atoms with E-state index in [0.29, 0.717) is 56.3 Å². The third-order valence-electron chi connectivity index (χ3n) is 6.76. The summed E-state index contributed by atoms with van der Waals surface area (Å²) < 4.78 is 82.8. The molecule has 11 heteroatoms. The fourth-order valence-corrected chi connectivity index (χ4v) is 4.39. The Bertz CT molecular complexity index is 1270. The molecule has 1 saturated heterocycles. The SMILES string of the molecule is CN(CCOc1ccc(C(=O)N2CCN(Cc3ccc(C(F)(F)F)cc3)CC2)cc1)c1cccc(C(F)(F)F)c1. The van der Waals surface area contributed by atoms with Gasteiger partial charge in [0.1, 0.15) is 12.4 Å². The summed E-state index contributed by atoms with van der Waals surface area (Å²) in [5, 5.41) is 0. The van der Waals surface area contributed by atoms with Crippen LogP contribution in [0.25, 0.3) is 0 Å². The van der Waals surface area contributed by atoms with E-state index in [1.807, 2.05) is 0 Å². The monoisotopic (exact) mass is 565 g/mol. The van der Waals surface area contributed by atoms with E-state index in [1.54, 1.807) is 47.2 Å². The van der Waals surface area contributed by atoms with Crippen LogP contribution in [0.1, 0.15) is 27.0 Å². The first-order chi connectivity index (χ1) is 18.9. The van der Waals surface area contributed by atoms with Crippen LogP contribution in [0.15, 0.2) is 72.8 Å². The minimum Gasteiger partial charge on any atom is -0.492 e. The third-order valence-corrected chi connectivity index (χ3v) is 6.76. The summed E-state index contributed by atoms with van der Waals surface area (Å²) in [4.78, 5) is 18.4. The van der Waals surface area contributed by atoms with Crippen LogP contribution in [0, 0.1) is 0 Å². The number of piperazine rings is 1. The zero-order valence-electron chi connectivity index (χ0n) is 21.8. The molecule has 1 heterocycles. The second-order valence-corrected chi connectivity index (χ2v) is 9.61. The van der Waals surface area contributed by atoms with Gasteiger partial charge in [-0.3, -0.25) is 9.69 Å². The molecule has 0 aromatic heterocycles. The highest BCUT2D eigenvalue weighted by atomic mass is 19.4. The maximum Gasteiger partial charge on any atom is 0.416 e. The second-order valence-electron chi connectivity index (χ2n) is 9.61. The van der Waals surface area contributed by atoms with Gasteiger partial charge in [-0.1, -0.05) is 18.2 Å². The molecule has 0 saturated carbocycles. The number of carbonyl (C=O) groups is 1. The molecule has 0 N–H and O–H groups in total. The highest BCUT2D eigenvalue weighted by Gasteiger charge is 2.31. The van der Waals surface area contributed by atoms with Crippen LogP contribution in [0.3, 0.4) is 0 Å². The topological polar surface area (TPSA) is 36.0 Å². The largest absolute Gasteiger partial charge is 0.492 e. The van der Waals surface area contributed by atoms with Crippen LogP contribution < -0.4 is 9.64 Å². The van der Waals surface area contributed by atoms with Gasteiger partial charge in [0.05, 0.1) is 17.7 Å². The molecule has 40 heavy (non-hydrogen) atoms. The van der Waals surface area contributed by atoms with Crippen LogP contribution in [-0.4, -0.2) is 62.1 Å². The Morgan fingerprint density at radius 2 is 1.45 bits per heavy atom. The lowest BCUT2D eigenvalue weighted by Gasteiger charge is -2.34. The standard InChI is InChI=1S/C29H29F6N3O2/c1-36(25-4-2-3-24(19-25)29(33,34)35)17-18-40-26-11-7-22(8-12-26)27(39)38-15-13-37(14-16-38)20-21-5-9-23(10-6-21)28(30,31)32/h2-12,19H,13-18,20H2,1H3. The molecule has 214 valence electrons. The summed E-state index contributed by atoms with van der Waals surface area (Å²) in [7, 11) is 1.68. The van der Waals surface area contributed by atoms with Gasteiger partial charge in [-0.05, 0) is 60.2 Å². The molecule has 1 aliphatic rings. The van der Waals surface area contributed by atoms with Gasteiger partial charge >= 0.3 is 12.4 Å². The highest BCUT2D eigenvalue weighted by Crippen LogP contribution is 2.31. The normalized spacial score (nSPS) is 14.7. The van der Waals surface area contributed by atoms with Crippen molar-refractivity contribution in [3.05, 3.63) is 95.1 Å². The van der Waals surface area contributed by atoms with Crippen molar-refractivity contribution >= 4 is 11.6 Å². The summed E-state index contributed by atoms with van der Waals surface area (Å²) in [5.41, 5.74) is 0.331. The van der Waals surface area contributed by atoms with Gasteiger partial charge in [0.15, 0.2) is 0 Å². The van der Waals surface area contributed by atoms with Crippen molar-refractivity contribution in [2.24, 2.45) is 0 Å². The molecule has 1 aliphatic heterocycles. The molecule has 1 amide bonds. The summed E-state index contributed by atoms with van der Waals surface area (Å²) >= 11 is 0. The number of halogens is 6. The summed E-state index contributed by atoms with van der Waals surface area (Å²) in [6.45, 7) is 3.31. The fraction of sp³-hybridized carbons (Fsp3) is 0.345. The van der Waals surface area contributed by atoms with Crippen molar-refractivity contribution in [1.29, 1.82) is 0 Å². The lowest BCUT2D eigenvalue weighted by atomic mass is 10.1. The molecular weight excluding hydrogens is 536 g/mol. The molecule has 0 radical (unpaired) electrons. The lowest BCUT2D eigenvalue weighted by molar-refractivity contribution is -0.138. The maximum absolute atomic E-state index is 13.0. The first-order valence-electron chi connectivity index (χ1n) is 12.7. The number of rotatable bonds is 8. The molecule has 4 rings (SSSR count). The smallest absolute Gasteiger partial charge is 0.416 e. The van der Waals surface area contributed by atoms with Crippen molar-refractivity contribution in [3.8, 4) is 5.75 Å². The number of hydrogen-bond donors (Lipinski definition) is 0. The van der Waals surface area contributed by atoms with E-state index in [1.165, 1.54) is 18.2 Å². The molecule has 0 atom stereocenters. The predicted molar refractivity (Wildman–Crippen MR) is 139 cm³/mol. The average molecular weight is 566 g/mol. The molecule has 0 spiro atoms. The molecule has 0 bridgehead atoms. The van der Waals surface area contributed by atoms with Gasteiger partial charge in [0.2, 0.25) is 0 Å². The van der Waals surface area contributed by atoms with E-state index in [2.05, 4.69) is 4.90 Å². The maximum atomic E-state index is 13.0. The van der Waals surface area contributed by atoms with Crippen molar-refractivity contribution in [2.45, 2.75) is 18.9 Å². The number of hydrogen-bond acceptors (Lipinski definition) is 4. The predicted octanol–water partition coefficient (Wildman–Crippen LogP) is 6.20. The number of amides is 1. The molecule has 5 nitrogen and oxygen atoms in total. The summed E-state index contributed by atoms with van der Waals surface area (Å²) in [5.74, 6) is 0.417. The fourth-order valence-electron chi connectivity index (χ4n) is 4.39. The van der Waals surface area contributed by atoms with Crippen molar-refractivity contribution in [2.75, 3.05) is 51.3 Å². The Hall–Kier alpha value is -3.73. The van der Waals surface area contributed by atoms with E-state index in [9.17, 15) is 31.1 Å². The van der Waals surface area contributed by atoms with Gasteiger partial charge in [-0.15, -0.1) is 0 Å². The molecular formula is C29H29F6N3O2. The quantitative estimate of drug-likeness (QED) is 0.305. The Kier molecular flexibility index (Phi) is 8.92. The van der Waals surface area contributed by atoms with Gasteiger partial charge < -0.3 is 14.5 Å². The molecule has 3 aromatic rings. The molecule has 3 aromatic carbocycles. The number of nitrogens with zero attached hydrogens (tertiary/aromatic N) is 3. The minimum absolute atomic E-state index is 0.120. The van der Waals surface area contributed by atoms with Crippen LogP contribution in [-0.2, 0) is 18.9 Å². The van der Waals surface area contributed by atoms with Crippen LogP contribution in [0.4, 0.5) is 32.0 Å². The number of ether oxygens (including phenoxy) is 1.